The lowest BCUT2D eigenvalue weighted by atomic mass is 10.0. The number of carbonyl (C=O) groups excluding carboxylic acids is 2. The maximum atomic E-state index is 11.5. The van der Waals surface area contributed by atoms with Crippen molar-refractivity contribution in [2.75, 3.05) is 19.0 Å². The Bertz CT molecular complexity index is 669. The molecule has 114 valence electrons. The van der Waals surface area contributed by atoms with E-state index < -0.39 is 0 Å². The number of carbonyl (C=O) groups is 2. The van der Waals surface area contributed by atoms with E-state index in [9.17, 15) is 9.59 Å². The largest absolute Gasteiger partial charge is 0.465 e. The number of aromatic nitrogens is 1. The van der Waals surface area contributed by atoms with Crippen LogP contribution in [0.3, 0.4) is 0 Å². The number of pyridine rings is 1. The Kier molecular flexibility index (Phi) is 5.08. The average Bonchev–Trinajstić information content (AvgIpc) is 2.55. The molecule has 0 unspecified atom stereocenters. The number of anilines is 1. The lowest BCUT2D eigenvalue weighted by molar-refractivity contribution is 0.0601. The van der Waals surface area contributed by atoms with Gasteiger partial charge in [0.1, 0.15) is 5.82 Å². The number of benzene rings is 1. The molecule has 1 aromatic carbocycles. The fourth-order valence-electron chi connectivity index (χ4n) is 1.90. The van der Waals surface area contributed by atoms with Crippen molar-refractivity contribution in [1.82, 2.24) is 10.3 Å². The number of methoxy groups -OCH3 is 1. The van der Waals surface area contributed by atoms with Crippen LogP contribution >= 0.6 is 0 Å². The highest BCUT2D eigenvalue weighted by Crippen LogP contribution is 2.21. The third-order valence-corrected chi connectivity index (χ3v) is 2.96. The van der Waals surface area contributed by atoms with E-state index in [2.05, 4.69) is 15.6 Å². The van der Waals surface area contributed by atoms with E-state index >= 15 is 0 Å². The molecule has 0 spiro atoms. The fourth-order valence-corrected chi connectivity index (χ4v) is 1.90. The SMILES string of the molecule is CCNC(=O)Nc1ccc(-c2cccc(C(=O)OC)c2)cn1. The topological polar surface area (TPSA) is 80.3 Å². The molecular formula is C16H17N3O3. The Morgan fingerprint density at radius 1 is 1.18 bits per heavy atom. The molecule has 2 N–H and O–H groups in total. The van der Waals surface area contributed by atoms with Crippen LogP contribution in [0.5, 0.6) is 0 Å². The number of ether oxygens (including phenoxy) is 1. The Labute approximate surface area is 128 Å². The molecule has 2 amide bonds. The van der Waals surface area contributed by atoms with Crippen molar-refractivity contribution in [2.45, 2.75) is 6.92 Å². The van der Waals surface area contributed by atoms with E-state index in [4.69, 9.17) is 4.74 Å². The Morgan fingerprint density at radius 3 is 2.64 bits per heavy atom. The number of hydrogen-bond acceptors (Lipinski definition) is 4. The van der Waals surface area contributed by atoms with Gasteiger partial charge in [-0.1, -0.05) is 12.1 Å². The second-order valence-corrected chi connectivity index (χ2v) is 4.49. The summed E-state index contributed by atoms with van der Waals surface area (Å²) < 4.78 is 4.70. The molecule has 0 fully saturated rings. The quantitative estimate of drug-likeness (QED) is 0.851. The van der Waals surface area contributed by atoms with Gasteiger partial charge in [-0.25, -0.2) is 14.6 Å². The number of esters is 1. The minimum Gasteiger partial charge on any atom is -0.465 e. The molecule has 22 heavy (non-hydrogen) atoms. The molecule has 2 aromatic rings. The van der Waals surface area contributed by atoms with Crippen LogP contribution in [0.15, 0.2) is 42.6 Å². The summed E-state index contributed by atoms with van der Waals surface area (Å²) in [4.78, 5) is 27.1. The van der Waals surface area contributed by atoms with E-state index in [1.165, 1.54) is 7.11 Å². The number of nitrogens with one attached hydrogen (secondary N) is 2. The minimum atomic E-state index is -0.385. The Morgan fingerprint density at radius 2 is 2.00 bits per heavy atom. The first-order chi connectivity index (χ1) is 10.6. The van der Waals surface area contributed by atoms with Crippen LogP contribution in [0.2, 0.25) is 0 Å². The molecular weight excluding hydrogens is 282 g/mol. The highest BCUT2D eigenvalue weighted by molar-refractivity contribution is 5.91. The van der Waals surface area contributed by atoms with Crippen LogP contribution in [0.25, 0.3) is 11.1 Å². The van der Waals surface area contributed by atoms with Crippen LogP contribution in [0, 0.1) is 0 Å². The molecule has 0 radical (unpaired) electrons. The Hall–Kier alpha value is -2.89. The zero-order valence-electron chi connectivity index (χ0n) is 12.4. The van der Waals surface area contributed by atoms with Gasteiger partial charge in [-0.15, -0.1) is 0 Å². The summed E-state index contributed by atoms with van der Waals surface area (Å²) >= 11 is 0. The second kappa shape index (κ2) is 7.21. The van der Waals surface area contributed by atoms with E-state index in [1.54, 1.807) is 30.5 Å². The fraction of sp³-hybridized carbons (Fsp3) is 0.188. The summed E-state index contributed by atoms with van der Waals surface area (Å²) in [6, 6.07) is 10.3. The molecule has 0 aliphatic rings. The van der Waals surface area contributed by atoms with Crippen LogP contribution < -0.4 is 10.6 Å². The molecule has 1 heterocycles. The van der Waals surface area contributed by atoms with Gasteiger partial charge in [-0.3, -0.25) is 5.32 Å². The second-order valence-electron chi connectivity index (χ2n) is 4.49. The summed E-state index contributed by atoms with van der Waals surface area (Å²) in [5, 5.41) is 5.25. The normalized spacial score (nSPS) is 9.91. The summed E-state index contributed by atoms with van der Waals surface area (Å²) in [6.07, 6.45) is 1.64. The van der Waals surface area contributed by atoms with Gasteiger partial charge in [0.25, 0.3) is 0 Å². The average molecular weight is 299 g/mol. The first-order valence-corrected chi connectivity index (χ1v) is 6.83. The van der Waals surface area contributed by atoms with E-state index in [0.717, 1.165) is 11.1 Å². The van der Waals surface area contributed by atoms with Crippen molar-refractivity contribution in [1.29, 1.82) is 0 Å². The van der Waals surface area contributed by atoms with Crippen molar-refractivity contribution in [2.24, 2.45) is 0 Å². The van der Waals surface area contributed by atoms with Crippen LogP contribution in [-0.4, -0.2) is 30.6 Å². The van der Waals surface area contributed by atoms with Gasteiger partial charge in [0.2, 0.25) is 0 Å². The zero-order valence-corrected chi connectivity index (χ0v) is 12.4. The standard InChI is InChI=1S/C16H17N3O3/c1-3-17-16(21)19-14-8-7-13(10-18-14)11-5-4-6-12(9-11)15(20)22-2/h4-10H,3H2,1-2H3,(H2,17,18,19,21). The van der Waals surface area contributed by atoms with Gasteiger partial charge >= 0.3 is 12.0 Å². The van der Waals surface area contributed by atoms with Crippen molar-refractivity contribution < 1.29 is 14.3 Å². The summed E-state index contributed by atoms with van der Waals surface area (Å²) in [7, 11) is 1.35. The molecule has 0 aliphatic heterocycles. The maximum Gasteiger partial charge on any atom is 0.337 e. The van der Waals surface area contributed by atoms with Gasteiger partial charge < -0.3 is 10.1 Å². The lowest BCUT2D eigenvalue weighted by Gasteiger charge is -2.07. The highest BCUT2D eigenvalue weighted by atomic mass is 16.5. The van der Waals surface area contributed by atoms with Crippen molar-refractivity contribution in [3.05, 3.63) is 48.2 Å². The Balaban J connectivity index is 2.16. The van der Waals surface area contributed by atoms with Crippen LogP contribution in [-0.2, 0) is 4.74 Å². The molecule has 6 nitrogen and oxygen atoms in total. The maximum absolute atomic E-state index is 11.5. The van der Waals surface area contributed by atoms with Gasteiger partial charge in [-0.2, -0.15) is 0 Å². The van der Waals surface area contributed by atoms with Gasteiger partial charge in [-0.05, 0) is 36.8 Å². The molecule has 0 saturated carbocycles. The number of nitrogens with zero attached hydrogens (tertiary/aromatic N) is 1. The van der Waals surface area contributed by atoms with Crippen LogP contribution in [0.4, 0.5) is 10.6 Å². The molecule has 0 atom stereocenters. The van der Waals surface area contributed by atoms with E-state index in [-0.39, 0.29) is 12.0 Å². The molecule has 1 aromatic heterocycles. The van der Waals surface area contributed by atoms with Gasteiger partial charge in [0.15, 0.2) is 0 Å². The minimum absolute atomic E-state index is 0.296. The summed E-state index contributed by atoms with van der Waals surface area (Å²) in [6.45, 7) is 2.38. The number of urea groups is 1. The van der Waals surface area contributed by atoms with Crippen LogP contribution in [0.1, 0.15) is 17.3 Å². The van der Waals surface area contributed by atoms with Crippen molar-refractivity contribution in [3.8, 4) is 11.1 Å². The number of rotatable bonds is 4. The summed E-state index contributed by atoms with van der Waals surface area (Å²) in [5.41, 5.74) is 2.16. The molecule has 0 saturated heterocycles. The predicted molar refractivity (Wildman–Crippen MR) is 83.7 cm³/mol. The lowest BCUT2D eigenvalue weighted by Crippen LogP contribution is -2.28. The van der Waals surface area contributed by atoms with Gasteiger partial charge in [0, 0.05) is 18.3 Å². The monoisotopic (exact) mass is 299 g/mol. The third-order valence-electron chi connectivity index (χ3n) is 2.96. The molecule has 0 bridgehead atoms. The summed E-state index contributed by atoms with van der Waals surface area (Å²) in [5.74, 6) is 0.0724. The smallest absolute Gasteiger partial charge is 0.337 e. The van der Waals surface area contributed by atoms with Crippen molar-refractivity contribution >= 4 is 17.8 Å². The van der Waals surface area contributed by atoms with Gasteiger partial charge in [0.05, 0.1) is 12.7 Å². The molecule has 6 heteroatoms. The molecule has 0 aliphatic carbocycles. The highest BCUT2D eigenvalue weighted by Gasteiger charge is 2.07. The number of amides is 2. The first-order valence-electron chi connectivity index (χ1n) is 6.83. The van der Waals surface area contributed by atoms with E-state index in [1.807, 2.05) is 19.1 Å². The van der Waals surface area contributed by atoms with E-state index in [0.29, 0.717) is 17.9 Å². The van der Waals surface area contributed by atoms with Crippen molar-refractivity contribution in [3.63, 3.8) is 0 Å². The number of hydrogen-bond donors (Lipinski definition) is 2. The predicted octanol–water partition coefficient (Wildman–Crippen LogP) is 2.68. The third kappa shape index (κ3) is 3.82. The molecule has 2 rings (SSSR count). The zero-order chi connectivity index (χ0) is 15.9. The first kappa shape index (κ1) is 15.5.